The lowest BCUT2D eigenvalue weighted by molar-refractivity contribution is -0.274. The molecule has 198 valence electrons. The van der Waals surface area contributed by atoms with Crippen molar-refractivity contribution in [2.45, 2.75) is 24.9 Å². The van der Waals surface area contributed by atoms with Crippen LogP contribution in [0.4, 0.5) is 17.6 Å². The Kier molecular flexibility index (Phi) is 8.18. The number of hydrogen-bond acceptors (Lipinski definition) is 6. The van der Waals surface area contributed by atoms with Gasteiger partial charge in [-0.3, -0.25) is 14.8 Å². The minimum Gasteiger partial charge on any atom is -0.405 e. The van der Waals surface area contributed by atoms with Gasteiger partial charge in [-0.15, -0.1) is 13.2 Å². The fraction of sp³-hybridized carbons (Fsp3) is 0.222. The number of aliphatic hydroxyl groups excluding tert-OH is 2. The summed E-state index contributed by atoms with van der Waals surface area (Å²) in [5.41, 5.74) is 1.43. The summed E-state index contributed by atoms with van der Waals surface area (Å²) in [6.07, 6.45) is -3.32. The van der Waals surface area contributed by atoms with E-state index in [-0.39, 0.29) is 29.8 Å². The van der Waals surface area contributed by atoms with Crippen LogP contribution in [0.3, 0.4) is 0 Å². The summed E-state index contributed by atoms with van der Waals surface area (Å²) in [4.78, 5) is 21.8. The molecule has 0 bridgehead atoms. The Morgan fingerprint density at radius 1 is 1.08 bits per heavy atom. The molecule has 7 nitrogen and oxygen atoms in total. The van der Waals surface area contributed by atoms with Gasteiger partial charge in [0.15, 0.2) is 0 Å². The van der Waals surface area contributed by atoms with Crippen molar-refractivity contribution in [1.82, 2.24) is 10.3 Å². The first-order valence-electron chi connectivity index (χ1n) is 11.5. The number of pyridine rings is 1. The quantitative estimate of drug-likeness (QED) is 0.367. The third-order valence-electron chi connectivity index (χ3n) is 5.82. The molecule has 0 spiro atoms. The fourth-order valence-electron chi connectivity index (χ4n) is 4.01. The molecule has 2 heterocycles. The second-order valence-electron chi connectivity index (χ2n) is 8.46. The molecule has 0 aliphatic carbocycles. The Hall–Kier alpha value is -4.09. The van der Waals surface area contributed by atoms with Crippen molar-refractivity contribution >= 4 is 17.2 Å². The molecular weight excluding hydrogens is 506 g/mol. The van der Waals surface area contributed by atoms with Gasteiger partial charge in [-0.1, -0.05) is 24.3 Å². The summed E-state index contributed by atoms with van der Waals surface area (Å²) in [7, 11) is 0. The normalized spacial score (nSPS) is 14.9. The Bertz CT molecular complexity index is 1340. The summed E-state index contributed by atoms with van der Waals surface area (Å²) in [6.45, 7) is -0.577. The van der Waals surface area contributed by atoms with Crippen LogP contribution in [0.25, 0.3) is 5.57 Å². The van der Waals surface area contributed by atoms with Crippen LogP contribution in [0.5, 0.6) is 5.75 Å². The molecule has 3 aromatic rings. The molecule has 38 heavy (non-hydrogen) atoms. The summed E-state index contributed by atoms with van der Waals surface area (Å²) in [6, 6.07) is 13.2. The van der Waals surface area contributed by atoms with E-state index in [4.69, 9.17) is 0 Å². The first-order chi connectivity index (χ1) is 18.1. The number of amides is 1. The highest BCUT2D eigenvalue weighted by molar-refractivity contribution is 6.20. The number of carbonyl (C=O) groups is 1. The van der Waals surface area contributed by atoms with E-state index in [1.54, 1.807) is 18.2 Å². The van der Waals surface area contributed by atoms with Gasteiger partial charge in [0.2, 0.25) is 0 Å². The van der Waals surface area contributed by atoms with Crippen LogP contribution in [0, 0.1) is 5.82 Å². The van der Waals surface area contributed by atoms with E-state index >= 15 is 0 Å². The summed E-state index contributed by atoms with van der Waals surface area (Å²) in [5.74, 6) is -1.89. The molecule has 2 aromatic carbocycles. The number of aromatic nitrogens is 1. The zero-order valence-corrected chi connectivity index (χ0v) is 19.8. The van der Waals surface area contributed by atoms with Gasteiger partial charge in [0.25, 0.3) is 5.91 Å². The molecule has 2 atom stereocenters. The zero-order chi connectivity index (χ0) is 27.3. The van der Waals surface area contributed by atoms with Crippen LogP contribution in [0.2, 0.25) is 0 Å². The Morgan fingerprint density at radius 3 is 2.50 bits per heavy atom. The topological polar surface area (TPSA) is 104 Å². The first kappa shape index (κ1) is 27.0. The maximum Gasteiger partial charge on any atom is 0.573 e. The summed E-state index contributed by atoms with van der Waals surface area (Å²) >= 11 is 0. The molecule has 0 fully saturated rings. The molecule has 3 N–H and O–H groups in total. The molecule has 4 rings (SSSR count). The standard InChI is InChI=1S/C27H23F4N3O4/c28-18-9-7-16(8-10-18)17-12-22(33-14-17)25-20(5-3-6-24(25)38-27(29,30)31)26(37)34-21(23(36)15-35)13-19-4-1-2-11-32-19/h1-12,21,23,35-36H,13-15H2,(H,34,37)/t21-,23+/m0/s1. The van der Waals surface area contributed by atoms with Gasteiger partial charge in [-0.25, -0.2) is 4.39 Å². The Balaban J connectivity index is 1.70. The third-order valence-corrected chi connectivity index (χ3v) is 5.82. The predicted octanol–water partition coefficient (Wildman–Crippen LogP) is 3.70. The van der Waals surface area contributed by atoms with E-state index in [0.717, 1.165) is 6.07 Å². The van der Waals surface area contributed by atoms with Crippen molar-refractivity contribution in [2.24, 2.45) is 4.99 Å². The maximum atomic E-state index is 13.4. The number of carbonyl (C=O) groups excluding carboxylic acids is 1. The number of ether oxygens (including phenoxy) is 1. The third kappa shape index (κ3) is 6.61. The highest BCUT2D eigenvalue weighted by atomic mass is 19.4. The SMILES string of the molecule is O=C(N[C@@H](Cc1ccccn1)[C@H](O)CO)c1cccc(OC(F)(F)F)c1C1=NCC(c2ccc(F)cc2)=C1. The van der Waals surface area contributed by atoms with Crippen LogP contribution >= 0.6 is 0 Å². The molecule has 0 saturated carbocycles. The smallest absolute Gasteiger partial charge is 0.405 e. The predicted molar refractivity (Wildman–Crippen MR) is 131 cm³/mol. The minimum absolute atomic E-state index is 0.0535. The first-order valence-corrected chi connectivity index (χ1v) is 11.5. The second-order valence-corrected chi connectivity index (χ2v) is 8.46. The van der Waals surface area contributed by atoms with Crippen LogP contribution in [-0.2, 0) is 6.42 Å². The van der Waals surface area contributed by atoms with Gasteiger partial charge in [0.1, 0.15) is 11.6 Å². The number of halogens is 4. The fourth-order valence-corrected chi connectivity index (χ4v) is 4.01. The number of aliphatic hydroxyl groups is 2. The number of allylic oxidation sites excluding steroid dienone is 1. The van der Waals surface area contributed by atoms with Gasteiger partial charge in [-0.05, 0) is 53.6 Å². The molecule has 0 saturated heterocycles. The van der Waals surface area contributed by atoms with E-state index in [1.807, 2.05) is 0 Å². The van der Waals surface area contributed by atoms with Gasteiger partial charge in [0, 0.05) is 18.3 Å². The van der Waals surface area contributed by atoms with E-state index < -0.39 is 42.6 Å². The molecule has 1 aromatic heterocycles. The Morgan fingerprint density at radius 2 is 1.84 bits per heavy atom. The van der Waals surface area contributed by atoms with Gasteiger partial charge >= 0.3 is 6.36 Å². The van der Waals surface area contributed by atoms with Gasteiger partial charge in [0.05, 0.1) is 42.1 Å². The van der Waals surface area contributed by atoms with Crippen molar-refractivity contribution in [2.75, 3.05) is 13.2 Å². The monoisotopic (exact) mass is 529 g/mol. The average Bonchev–Trinajstić information content (AvgIpc) is 3.37. The largest absolute Gasteiger partial charge is 0.573 e. The number of alkyl halides is 3. The second kappa shape index (κ2) is 11.5. The number of aliphatic imine (C=N–C) groups is 1. The van der Waals surface area contributed by atoms with Crippen molar-refractivity contribution < 1.29 is 37.3 Å². The number of nitrogens with one attached hydrogen (secondary N) is 1. The lowest BCUT2D eigenvalue weighted by Gasteiger charge is -2.24. The van der Waals surface area contributed by atoms with Crippen molar-refractivity contribution in [3.05, 3.63) is 101 Å². The number of rotatable bonds is 9. The van der Waals surface area contributed by atoms with Crippen molar-refractivity contribution in [1.29, 1.82) is 0 Å². The van der Waals surface area contributed by atoms with E-state index in [9.17, 15) is 32.6 Å². The Labute approximate surface area is 215 Å². The summed E-state index contributed by atoms with van der Waals surface area (Å²) in [5, 5.41) is 22.4. The summed E-state index contributed by atoms with van der Waals surface area (Å²) < 4.78 is 57.3. The van der Waals surface area contributed by atoms with Gasteiger partial charge < -0.3 is 20.3 Å². The molecule has 1 aliphatic heterocycles. The molecule has 0 unspecified atom stereocenters. The van der Waals surface area contributed by atoms with Crippen molar-refractivity contribution in [3.8, 4) is 5.75 Å². The van der Waals surface area contributed by atoms with Crippen LogP contribution in [0.15, 0.2) is 77.9 Å². The van der Waals surface area contributed by atoms with Gasteiger partial charge in [-0.2, -0.15) is 0 Å². The molecule has 1 aliphatic rings. The van der Waals surface area contributed by atoms with E-state index in [0.29, 0.717) is 16.8 Å². The highest BCUT2D eigenvalue weighted by Crippen LogP contribution is 2.32. The minimum atomic E-state index is -5.04. The van der Waals surface area contributed by atoms with E-state index in [2.05, 4.69) is 20.0 Å². The number of benzene rings is 2. The molecule has 0 radical (unpaired) electrons. The lowest BCUT2D eigenvalue weighted by Crippen LogP contribution is -2.46. The lowest BCUT2D eigenvalue weighted by atomic mass is 9.98. The maximum absolute atomic E-state index is 13.4. The van der Waals surface area contributed by atoms with Crippen LogP contribution < -0.4 is 10.1 Å². The average molecular weight is 529 g/mol. The molecule has 1 amide bonds. The van der Waals surface area contributed by atoms with Crippen LogP contribution in [0.1, 0.15) is 27.2 Å². The van der Waals surface area contributed by atoms with Crippen LogP contribution in [-0.4, -0.2) is 58.5 Å². The molecular formula is C27H23F4N3O4. The van der Waals surface area contributed by atoms with E-state index in [1.165, 1.54) is 48.7 Å². The number of nitrogens with zero attached hydrogens (tertiary/aromatic N) is 2. The van der Waals surface area contributed by atoms with Crippen molar-refractivity contribution in [3.63, 3.8) is 0 Å². The number of hydrogen-bond donors (Lipinski definition) is 3. The zero-order valence-electron chi connectivity index (χ0n) is 19.8. The highest BCUT2D eigenvalue weighted by Gasteiger charge is 2.34. The molecule has 11 heteroatoms.